The molecule has 2 aromatic rings. The average molecular weight is 399 g/mol. The van der Waals surface area contributed by atoms with E-state index in [1.807, 2.05) is 50.2 Å². The van der Waals surface area contributed by atoms with Crippen LogP contribution in [0.1, 0.15) is 46.1 Å². The maximum absolute atomic E-state index is 13.2. The van der Waals surface area contributed by atoms with Crippen molar-refractivity contribution in [1.29, 1.82) is 0 Å². The molecular formula is C22H30N4O3. The first-order valence-electron chi connectivity index (χ1n) is 10.5. The predicted molar refractivity (Wildman–Crippen MR) is 110 cm³/mol. The van der Waals surface area contributed by atoms with E-state index in [0.29, 0.717) is 19.6 Å². The molecular weight excluding hydrogens is 368 g/mol. The zero-order valence-electron chi connectivity index (χ0n) is 17.5. The predicted octanol–water partition coefficient (Wildman–Crippen LogP) is 3.46. The van der Waals surface area contributed by atoms with Crippen molar-refractivity contribution in [1.82, 2.24) is 19.4 Å². The Morgan fingerprint density at radius 3 is 2.66 bits per heavy atom. The van der Waals surface area contributed by atoms with Gasteiger partial charge < -0.3 is 19.1 Å². The molecule has 2 aliphatic heterocycles. The maximum atomic E-state index is 13.2. The van der Waals surface area contributed by atoms with Gasteiger partial charge in [-0.2, -0.15) is 0 Å². The molecule has 2 atom stereocenters. The lowest BCUT2D eigenvalue weighted by molar-refractivity contribution is -0.136. The highest BCUT2D eigenvalue weighted by Gasteiger charge is 2.36. The molecule has 0 N–H and O–H groups in total. The van der Waals surface area contributed by atoms with Crippen LogP contribution in [0.2, 0.25) is 0 Å². The molecule has 2 saturated heterocycles. The second-order valence-corrected chi connectivity index (χ2v) is 9.13. The normalized spacial score (nSPS) is 22.9. The standard InChI is InChI=1S/C22H30N4O3/c1-22(2,3)29-21(28)25-11-6-7-16(13-25)20(27)24-12-10-17(14-24)26-15-23-18-8-4-5-9-19(18)26/h4-5,8-9,15-17H,6-7,10-14H2,1-3H3/t16-,17+/m0/s1. The zero-order valence-corrected chi connectivity index (χ0v) is 17.5. The lowest BCUT2D eigenvalue weighted by Gasteiger charge is -2.35. The van der Waals surface area contributed by atoms with Gasteiger partial charge in [0, 0.05) is 26.2 Å². The smallest absolute Gasteiger partial charge is 0.410 e. The highest BCUT2D eigenvalue weighted by atomic mass is 16.6. The second kappa shape index (κ2) is 7.69. The molecule has 0 radical (unpaired) electrons. The maximum Gasteiger partial charge on any atom is 0.410 e. The number of aromatic nitrogens is 2. The Bertz CT molecular complexity index is 901. The number of rotatable bonds is 2. The largest absolute Gasteiger partial charge is 0.444 e. The first-order valence-corrected chi connectivity index (χ1v) is 10.5. The van der Waals surface area contributed by atoms with E-state index < -0.39 is 5.60 Å². The van der Waals surface area contributed by atoms with Crippen LogP contribution in [0.3, 0.4) is 0 Å². The van der Waals surface area contributed by atoms with E-state index in [9.17, 15) is 9.59 Å². The summed E-state index contributed by atoms with van der Waals surface area (Å²) in [7, 11) is 0. The number of likely N-dealkylation sites (tertiary alicyclic amines) is 2. The van der Waals surface area contributed by atoms with Crippen LogP contribution in [0.15, 0.2) is 30.6 Å². The highest BCUT2D eigenvalue weighted by molar-refractivity contribution is 5.81. The Labute approximate surface area is 171 Å². The van der Waals surface area contributed by atoms with Gasteiger partial charge >= 0.3 is 6.09 Å². The fourth-order valence-electron chi connectivity index (χ4n) is 4.37. The number of nitrogens with zero attached hydrogens (tertiary/aromatic N) is 4. The molecule has 7 heteroatoms. The van der Waals surface area contributed by atoms with Crippen molar-refractivity contribution in [2.45, 2.75) is 51.7 Å². The van der Waals surface area contributed by atoms with Gasteiger partial charge in [0.05, 0.1) is 29.3 Å². The summed E-state index contributed by atoms with van der Waals surface area (Å²) in [6, 6.07) is 8.34. The third-order valence-corrected chi connectivity index (χ3v) is 5.77. The van der Waals surface area contributed by atoms with Crippen LogP contribution < -0.4 is 0 Å². The Kier molecular flexibility index (Phi) is 5.23. The summed E-state index contributed by atoms with van der Waals surface area (Å²) < 4.78 is 7.68. The van der Waals surface area contributed by atoms with Gasteiger partial charge in [0.2, 0.25) is 5.91 Å². The van der Waals surface area contributed by atoms with Gasteiger partial charge in [-0.3, -0.25) is 4.79 Å². The lowest BCUT2D eigenvalue weighted by atomic mass is 9.97. The summed E-state index contributed by atoms with van der Waals surface area (Å²) in [6.45, 7) is 8.14. The fraction of sp³-hybridized carbons (Fsp3) is 0.591. The molecule has 29 heavy (non-hydrogen) atoms. The number of hydrogen-bond donors (Lipinski definition) is 0. The average Bonchev–Trinajstić information content (AvgIpc) is 3.33. The van der Waals surface area contributed by atoms with Gasteiger partial charge in [-0.1, -0.05) is 12.1 Å². The van der Waals surface area contributed by atoms with Gasteiger partial charge in [0.15, 0.2) is 0 Å². The van der Waals surface area contributed by atoms with Crippen LogP contribution in [0, 0.1) is 5.92 Å². The first-order chi connectivity index (χ1) is 13.8. The van der Waals surface area contributed by atoms with E-state index in [4.69, 9.17) is 4.74 Å². The van der Waals surface area contributed by atoms with E-state index in [-0.39, 0.29) is 24.0 Å². The summed E-state index contributed by atoms with van der Waals surface area (Å²) in [6.07, 6.45) is 4.15. The summed E-state index contributed by atoms with van der Waals surface area (Å²) in [5.41, 5.74) is 1.57. The van der Waals surface area contributed by atoms with E-state index >= 15 is 0 Å². The van der Waals surface area contributed by atoms with Crippen LogP contribution in [0.25, 0.3) is 11.0 Å². The minimum atomic E-state index is -0.524. The van der Waals surface area contributed by atoms with E-state index in [2.05, 4.69) is 15.6 Å². The van der Waals surface area contributed by atoms with Crippen molar-refractivity contribution in [3.63, 3.8) is 0 Å². The van der Waals surface area contributed by atoms with E-state index in [0.717, 1.165) is 36.8 Å². The topological polar surface area (TPSA) is 67.7 Å². The third-order valence-electron chi connectivity index (χ3n) is 5.77. The molecule has 0 saturated carbocycles. The summed E-state index contributed by atoms with van der Waals surface area (Å²) in [5, 5.41) is 0. The van der Waals surface area contributed by atoms with Crippen molar-refractivity contribution in [3.05, 3.63) is 30.6 Å². The molecule has 4 rings (SSSR count). The van der Waals surface area contributed by atoms with Crippen LogP contribution in [0.4, 0.5) is 4.79 Å². The summed E-state index contributed by atoms with van der Waals surface area (Å²) in [5.74, 6) is 0.0136. The number of benzene rings is 1. The van der Waals surface area contributed by atoms with E-state index in [1.54, 1.807) is 4.90 Å². The monoisotopic (exact) mass is 398 g/mol. The van der Waals surface area contributed by atoms with Crippen molar-refractivity contribution >= 4 is 23.0 Å². The molecule has 156 valence electrons. The Morgan fingerprint density at radius 1 is 1.07 bits per heavy atom. The van der Waals surface area contributed by atoms with E-state index in [1.165, 1.54) is 0 Å². The Balaban J connectivity index is 1.39. The van der Waals surface area contributed by atoms with Crippen molar-refractivity contribution in [2.75, 3.05) is 26.2 Å². The number of imidazole rings is 1. The minimum Gasteiger partial charge on any atom is -0.444 e. The second-order valence-electron chi connectivity index (χ2n) is 9.13. The minimum absolute atomic E-state index is 0.144. The summed E-state index contributed by atoms with van der Waals surface area (Å²) >= 11 is 0. The molecule has 2 fully saturated rings. The van der Waals surface area contributed by atoms with Gasteiger partial charge in [0.1, 0.15) is 5.60 Å². The Hall–Kier alpha value is -2.57. The summed E-state index contributed by atoms with van der Waals surface area (Å²) in [4.78, 5) is 33.7. The van der Waals surface area contributed by atoms with Gasteiger partial charge in [-0.25, -0.2) is 9.78 Å². The number of ether oxygens (including phenoxy) is 1. The SMILES string of the molecule is CC(C)(C)OC(=O)N1CCC[C@H](C(=O)N2CC[C@@H](n3cnc4ccccc43)C2)C1. The molecule has 0 aliphatic carbocycles. The molecule has 0 unspecified atom stereocenters. The number of carbonyl (C=O) groups is 2. The van der Waals surface area contributed by atoms with Crippen LogP contribution in [-0.2, 0) is 9.53 Å². The number of fused-ring (bicyclic) bond motifs is 1. The number of hydrogen-bond acceptors (Lipinski definition) is 4. The molecule has 1 aromatic carbocycles. The fourth-order valence-corrected chi connectivity index (χ4v) is 4.37. The number of para-hydroxylation sites is 2. The van der Waals surface area contributed by atoms with Crippen molar-refractivity contribution in [3.8, 4) is 0 Å². The third kappa shape index (κ3) is 4.23. The number of carbonyl (C=O) groups excluding carboxylic acids is 2. The molecule has 2 amide bonds. The van der Waals surface area contributed by atoms with Gasteiger partial charge in [-0.15, -0.1) is 0 Å². The Morgan fingerprint density at radius 2 is 1.86 bits per heavy atom. The van der Waals surface area contributed by atoms with Crippen LogP contribution in [-0.4, -0.2) is 63.1 Å². The van der Waals surface area contributed by atoms with Gasteiger partial charge in [0.25, 0.3) is 0 Å². The quantitative estimate of drug-likeness (QED) is 0.777. The number of piperidine rings is 1. The molecule has 2 aliphatic rings. The molecule has 0 spiro atoms. The van der Waals surface area contributed by atoms with Crippen molar-refractivity contribution < 1.29 is 14.3 Å². The molecule has 1 aromatic heterocycles. The lowest BCUT2D eigenvalue weighted by Crippen LogP contribution is -2.47. The van der Waals surface area contributed by atoms with Crippen LogP contribution in [0.5, 0.6) is 0 Å². The molecule has 3 heterocycles. The highest BCUT2D eigenvalue weighted by Crippen LogP contribution is 2.29. The van der Waals surface area contributed by atoms with Crippen molar-refractivity contribution in [2.24, 2.45) is 5.92 Å². The zero-order chi connectivity index (χ0) is 20.6. The molecule has 7 nitrogen and oxygen atoms in total. The number of amides is 2. The van der Waals surface area contributed by atoms with Gasteiger partial charge in [-0.05, 0) is 52.2 Å². The van der Waals surface area contributed by atoms with Crippen LogP contribution >= 0.6 is 0 Å². The first kappa shape index (κ1) is 19.7. The molecule has 0 bridgehead atoms.